The number of carbonyl (C=O) groups excluding carboxylic acids is 1. The Hall–Kier alpha value is -1.96. The van der Waals surface area contributed by atoms with Crippen molar-refractivity contribution in [3.8, 4) is 0 Å². The molecule has 0 fully saturated rings. The molecule has 0 amide bonds. The Morgan fingerprint density at radius 3 is 2.94 bits per heavy atom. The molecule has 7 nitrogen and oxygen atoms in total. The normalized spacial score (nSPS) is 11.1. The van der Waals surface area contributed by atoms with Gasteiger partial charge in [0.25, 0.3) is 5.69 Å². The molecule has 0 saturated carbocycles. The second kappa shape index (κ2) is 6.10. The van der Waals surface area contributed by atoms with Crippen LogP contribution in [0.5, 0.6) is 0 Å². The molecule has 1 rings (SSSR count). The topological polar surface area (TPSA) is 103 Å². The van der Waals surface area contributed by atoms with E-state index < -0.39 is 16.7 Å². The maximum absolute atomic E-state index is 11.2. The summed E-state index contributed by atoms with van der Waals surface area (Å²) >= 11 is 3.04. The number of nitro groups is 1. The van der Waals surface area contributed by atoms with E-state index in [1.807, 2.05) is 0 Å². The number of carbonyl (C=O) groups is 1. The van der Waals surface area contributed by atoms with Gasteiger partial charge in [0.15, 0.2) is 0 Å². The van der Waals surface area contributed by atoms with E-state index in [0.29, 0.717) is 4.60 Å². The van der Waals surface area contributed by atoms with Crippen LogP contribution in [0.3, 0.4) is 0 Å². The molecule has 1 N–H and O–H groups in total. The summed E-state index contributed by atoms with van der Waals surface area (Å²) in [5.74, 6) is -1.65. The van der Waals surface area contributed by atoms with Crippen molar-refractivity contribution in [2.45, 2.75) is 6.92 Å². The van der Waals surface area contributed by atoms with E-state index in [0.717, 1.165) is 12.3 Å². The fourth-order valence-corrected chi connectivity index (χ4v) is 1.47. The highest BCUT2D eigenvalue weighted by molar-refractivity contribution is 9.10. The molecule has 0 aliphatic heterocycles. The van der Waals surface area contributed by atoms with Crippen LogP contribution in [0, 0.1) is 10.1 Å². The maximum Gasteiger partial charge on any atom is 0.373 e. The van der Waals surface area contributed by atoms with Crippen LogP contribution < -0.4 is 0 Å². The number of nitrogens with zero attached hydrogens (tertiary/aromatic N) is 2. The van der Waals surface area contributed by atoms with Crippen LogP contribution in [0.15, 0.2) is 22.6 Å². The number of esters is 1. The standard InChI is InChI=1S/C10H9BrN2O5/c1-2-18-10(15)8(14)3-6-4-9(11)12-5-7(6)13(16)17/h3-5,14H,2H2,1H3/b8-3+. The molecule has 0 aromatic carbocycles. The Labute approximate surface area is 110 Å². The second-order valence-electron chi connectivity index (χ2n) is 3.07. The van der Waals surface area contributed by atoms with Crippen molar-refractivity contribution in [1.82, 2.24) is 4.98 Å². The Bertz CT molecular complexity index is 515. The van der Waals surface area contributed by atoms with Crippen LogP contribution in [0.4, 0.5) is 5.69 Å². The predicted molar refractivity (Wildman–Crippen MR) is 65.8 cm³/mol. The van der Waals surface area contributed by atoms with Gasteiger partial charge in [-0.25, -0.2) is 9.78 Å². The zero-order chi connectivity index (χ0) is 13.7. The lowest BCUT2D eigenvalue weighted by Crippen LogP contribution is -2.07. The van der Waals surface area contributed by atoms with Crippen LogP contribution >= 0.6 is 15.9 Å². The number of aliphatic hydroxyl groups excluding tert-OH is 1. The first-order valence-electron chi connectivity index (χ1n) is 4.83. The zero-order valence-corrected chi connectivity index (χ0v) is 10.9. The molecule has 0 aliphatic carbocycles. The number of ether oxygens (including phenoxy) is 1. The highest BCUT2D eigenvalue weighted by atomic mass is 79.9. The molecule has 1 aromatic heterocycles. The monoisotopic (exact) mass is 316 g/mol. The minimum atomic E-state index is -0.945. The molecular weight excluding hydrogens is 308 g/mol. The Morgan fingerprint density at radius 2 is 2.39 bits per heavy atom. The molecule has 0 spiro atoms. The zero-order valence-electron chi connectivity index (χ0n) is 9.29. The molecule has 1 heterocycles. The first kappa shape index (κ1) is 14.1. The summed E-state index contributed by atoms with van der Waals surface area (Å²) in [5, 5.41) is 20.2. The first-order chi connectivity index (χ1) is 8.45. The summed E-state index contributed by atoms with van der Waals surface area (Å²) in [6.07, 6.45) is 1.98. The van der Waals surface area contributed by atoms with Crippen molar-refractivity contribution in [2.75, 3.05) is 6.61 Å². The Morgan fingerprint density at radius 1 is 1.72 bits per heavy atom. The van der Waals surface area contributed by atoms with Crippen molar-refractivity contribution in [1.29, 1.82) is 0 Å². The van der Waals surface area contributed by atoms with Crippen molar-refractivity contribution >= 4 is 33.7 Å². The van der Waals surface area contributed by atoms with Crippen LogP contribution in [0.1, 0.15) is 12.5 Å². The second-order valence-corrected chi connectivity index (χ2v) is 3.89. The third-order valence-electron chi connectivity index (χ3n) is 1.85. The van der Waals surface area contributed by atoms with E-state index in [4.69, 9.17) is 0 Å². The van der Waals surface area contributed by atoms with E-state index in [9.17, 15) is 20.0 Å². The fourth-order valence-electron chi connectivity index (χ4n) is 1.12. The van der Waals surface area contributed by atoms with E-state index in [1.165, 1.54) is 6.07 Å². The summed E-state index contributed by atoms with van der Waals surface area (Å²) in [6, 6.07) is 1.31. The summed E-state index contributed by atoms with van der Waals surface area (Å²) in [7, 11) is 0. The molecule has 18 heavy (non-hydrogen) atoms. The lowest BCUT2D eigenvalue weighted by molar-refractivity contribution is -0.385. The minimum Gasteiger partial charge on any atom is -0.502 e. The third kappa shape index (κ3) is 3.52. The maximum atomic E-state index is 11.2. The number of hydrogen-bond acceptors (Lipinski definition) is 6. The molecule has 0 atom stereocenters. The van der Waals surface area contributed by atoms with Gasteiger partial charge in [-0.15, -0.1) is 0 Å². The largest absolute Gasteiger partial charge is 0.502 e. The number of aromatic nitrogens is 1. The van der Waals surface area contributed by atoms with Crippen LogP contribution in [0.25, 0.3) is 6.08 Å². The molecule has 0 unspecified atom stereocenters. The smallest absolute Gasteiger partial charge is 0.373 e. The van der Waals surface area contributed by atoms with Gasteiger partial charge >= 0.3 is 5.97 Å². The van der Waals surface area contributed by atoms with E-state index in [1.54, 1.807) is 6.92 Å². The van der Waals surface area contributed by atoms with Gasteiger partial charge in [-0.2, -0.15) is 0 Å². The van der Waals surface area contributed by atoms with Gasteiger partial charge in [0.05, 0.1) is 17.1 Å². The average molecular weight is 317 g/mol. The molecule has 0 saturated heterocycles. The number of halogens is 1. The predicted octanol–water partition coefficient (Wildman–Crippen LogP) is 2.21. The lowest BCUT2D eigenvalue weighted by Gasteiger charge is -2.01. The molecular formula is C10H9BrN2O5. The van der Waals surface area contributed by atoms with Gasteiger partial charge < -0.3 is 9.84 Å². The number of pyridine rings is 1. The van der Waals surface area contributed by atoms with Crippen molar-refractivity contribution in [2.24, 2.45) is 0 Å². The third-order valence-corrected chi connectivity index (χ3v) is 2.29. The van der Waals surface area contributed by atoms with Gasteiger partial charge in [0.1, 0.15) is 10.8 Å². The van der Waals surface area contributed by atoms with Gasteiger partial charge in [-0.3, -0.25) is 10.1 Å². The number of rotatable bonds is 4. The highest BCUT2D eigenvalue weighted by Crippen LogP contribution is 2.22. The molecule has 96 valence electrons. The Balaban J connectivity index is 3.16. The number of hydrogen-bond donors (Lipinski definition) is 1. The highest BCUT2D eigenvalue weighted by Gasteiger charge is 2.16. The molecule has 0 aliphatic rings. The van der Waals surface area contributed by atoms with Crippen LogP contribution in [-0.2, 0) is 9.53 Å². The lowest BCUT2D eigenvalue weighted by atomic mass is 10.2. The van der Waals surface area contributed by atoms with Gasteiger partial charge in [0, 0.05) is 6.08 Å². The van der Waals surface area contributed by atoms with Gasteiger partial charge in [-0.1, -0.05) is 0 Å². The van der Waals surface area contributed by atoms with Gasteiger partial charge in [-0.05, 0) is 28.9 Å². The van der Waals surface area contributed by atoms with E-state index >= 15 is 0 Å². The minimum absolute atomic E-state index is 0.0485. The van der Waals surface area contributed by atoms with Crippen LogP contribution in [0.2, 0.25) is 0 Å². The fraction of sp³-hybridized carbons (Fsp3) is 0.200. The van der Waals surface area contributed by atoms with Crippen molar-refractivity contribution < 1.29 is 19.6 Å². The summed E-state index contributed by atoms with van der Waals surface area (Å²) in [6.45, 7) is 1.68. The Kier molecular flexibility index (Phi) is 4.78. The van der Waals surface area contributed by atoms with Crippen LogP contribution in [-0.4, -0.2) is 27.6 Å². The number of aliphatic hydroxyl groups is 1. The molecule has 0 radical (unpaired) electrons. The SMILES string of the molecule is CCOC(=O)/C(O)=C\c1cc(Br)ncc1[N+](=O)[O-]. The van der Waals surface area contributed by atoms with Gasteiger partial charge in [0.2, 0.25) is 5.76 Å². The van der Waals surface area contributed by atoms with E-state index in [2.05, 4.69) is 25.7 Å². The summed E-state index contributed by atoms with van der Waals surface area (Å²) in [5.41, 5.74) is -0.276. The molecule has 8 heteroatoms. The quantitative estimate of drug-likeness (QED) is 0.228. The van der Waals surface area contributed by atoms with Crippen molar-refractivity contribution in [3.63, 3.8) is 0 Å². The van der Waals surface area contributed by atoms with E-state index in [-0.39, 0.29) is 17.9 Å². The summed E-state index contributed by atoms with van der Waals surface area (Å²) in [4.78, 5) is 24.9. The van der Waals surface area contributed by atoms with Crippen molar-refractivity contribution in [3.05, 3.63) is 38.3 Å². The molecule has 0 bridgehead atoms. The molecule has 1 aromatic rings. The summed E-state index contributed by atoms with van der Waals surface area (Å²) < 4.78 is 4.90. The average Bonchev–Trinajstić information content (AvgIpc) is 2.28. The first-order valence-corrected chi connectivity index (χ1v) is 5.62.